The van der Waals surface area contributed by atoms with Crippen LogP contribution in [-0.4, -0.2) is 29.8 Å². The minimum atomic E-state index is -0.457. The highest BCUT2D eigenvalue weighted by molar-refractivity contribution is 5.91. The summed E-state index contributed by atoms with van der Waals surface area (Å²) in [4.78, 5) is 26.2. The third-order valence-electron chi connectivity index (χ3n) is 3.78. The van der Waals surface area contributed by atoms with E-state index in [-0.39, 0.29) is 17.7 Å². The van der Waals surface area contributed by atoms with E-state index >= 15 is 0 Å². The molecule has 1 aromatic carbocycles. The molecule has 1 unspecified atom stereocenters. The number of aryl methyl sites for hydroxylation is 1. The van der Waals surface area contributed by atoms with Crippen molar-refractivity contribution in [3.05, 3.63) is 35.4 Å². The molecule has 2 aliphatic rings. The van der Waals surface area contributed by atoms with Gasteiger partial charge in [0.05, 0.1) is 0 Å². The number of amides is 2. The van der Waals surface area contributed by atoms with Gasteiger partial charge < -0.3 is 10.2 Å². The minimum absolute atomic E-state index is 0.0640. The van der Waals surface area contributed by atoms with Gasteiger partial charge in [-0.25, -0.2) is 0 Å². The van der Waals surface area contributed by atoms with E-state index in [2.05, 4.69) is 5.32 Å². The Balaban J connectivity index is 1.93. The zero-order chi connectivity index (χ0) is 13.4. The van der Waals surface area contributed by atoms with Crippen LogP contribution in [0.15, 0.2) is 24.3 Å². The predicted molar refractivity (Wildman–Crippen MR) is 71.4 cm³/mol. The monoisotopic (exact) mass is 258 g/mol. The van der Waals surface area contributed by atoms with Crippen LogP contribution in [0, 0.1) is 12.8 Å². The quantitative estimate of drug-likeness (QED) is 0.872. The van der Waals surface area contributed by atoms with Crippen molar-refractivity contribution in [1.29, 1.82) is 0 Å². The van der Waals surface area contributed by atoms with Crippen molar-refractivity contribution in [3.63, 3.8) is 0 Å². The first kappa shape index (κ1) is 12.2. The molecule has 19 heavy (non-hydrogen) atoms. The van der Waals surface area contributed by atoms with Crippen molar-refractivity contribution in [2.45, 2.75) is 25.8 Å². The smallest absolute Gasteiger partial charge is 0.247 e. The number of hydrogen-bond acceptors (Lipinski definition) is 2. The number of nitrogens with zero attached hydrogens (tertiary/aromatic N) is 1. The molecule has 0 aromatic heterocycles. The molecule has 2 fully saturated rings. The summed E-state index contributed by atoms with van der Waals surface area (Å²) >= 11 is 0. The standard InChI is InChI=1S/C15H18N2O2/c1-10-3-2-4-12(9-10)13-14(18)16-7-8-17(13)15(19)11-5-6-11/h2-4,9,11,13H,5-8H2,1H3,(H,16,18). The maximum Gasteiger partial charge on any atom is 0.247 e. The summed E-state index contributed by atoms with van der Waals surface area (Å²) in [7, 11) is 0. The Labute approximate surface area is 112 Å². The number of piperazine rings is 1. The Morgan fingerprint density at radius 3 is 2.84 bits per heavy atom. The number of carbonyl (C=O) groups is 2. The van der Waals surface area contributed by atoms with Gasteiger partial charge in [-0.3, -0.25) is 9.59 Å². The zero-order valence-corrected chi connectivity index (χ0v) is 11.1. The molecule has 4 heteroatoms. The summed E-state index contributed by atoms with van der Waals surface area (Å²) in [6.45, 7) is 3.16. The second-order valence-electron chi connectivity index (χ2n) is 5.41. The fourth-order valence-corrected chi connectivity index (χ4v) is 2.64. The van der Waals surface area contributed by atoms with Crippen LogP contribution in [0.5, 0.6) is 0 Å². The van der Waals surface area contributed by atoms with Crippen molar-refractivity contribution < 1.29 is 9.59 Å². The number of hydrogen-bond donors (Lipinski definition) is 1. The van der Waals surface area contributed by atoms with Gasteiger partial charge in [-0.1, -0.05) is 29.8 Å². The lowest BCUT2D eigenvalue weighted by Gasteiger charge is -2.35. The van der Waals surface area contributed by atoms with E-state index in [1.807, 2.05) is 31.2 Å². The molecule has 3 rings (SSSR count). The normalized spacial score (nSPS) is 23.1. The highest BCUT2D eigenvalue weighted by Gasteiger charge is 2.40. The van der Waals surface area contributed by atoms with E-state index in [0.717, 1.165) is 24.0 Å². The largest absolute Gasteiger partial charge is 0.352 e. The molecule has 1 atom stereocenters. The van der Waals surface area contributed by atoms with E-state index in [1.54, 1.807) is 4.90 Å². The maximum absolute atomic E-state index is 12.3. The van der Waals surface area contributed by atoms with E-state index in [0.29, 0.717) is 13.1 Å². The topological polar surface area (TPSA) is 49.4 Å². The third kappa shape index (κ3) is 2.35. The molecule has 0 spiro atoms. The van der Waals surface area contributed by atoms with Crippen LogP contribution in [0.2, 0.25) is 0 Å². The Kier molecular flexibility index (Phi) is 3.01. The maximum atomic E-state index is 12.3. The van der Waals surface area contributed by atoms with Crippen molar-refractivity contribution in [1.82, 2.24) is 10.2 Å². The van der Waals surface area contributed by atoms with Crippen LogP contribution in [0.4, 0.5) is 0 Å². The fourth-order valence-electron chi connectivity index (χ4n) is 2.64. The Hall–Kier alpha value is -1.84. The summed E-state index contributed by atoms with van der Waals surface area (Å²) in [6, 6.07) is 7.39. The summed E-state index contributed by atoms with van der Waals surface area (Å²) in [6.07, 6.45) is 1.94. The number of nitrogens with one attached hydrogen (secondary N) is 1. The third-order valence-corrected chi connectivity index (χ3v) is 3.78. The first-order chi connectivity index (χ1) is 9.16. The van der Waals surface area contributed by atoms with Gasteiger partial charge >= 0.3 is 0 Å². The van der Waals surface area contributed by atoms with Crippen LogP contribution < -0.4 is 5.32 Å². The Morgan fingerprint density at radius 1 is 1.37 bits per heavy atom. The van der Waals surface area contributed by atoms with Gasteiger partial charge in [0.1, 0.15) is 6.04 Å². The van der Waals surface area contributed by atoms with E-state index in [9.17, 15) is 9.59 Å². The van der Waals surface area contributed by atoms with Gasteiger partial charge in [-0.2, -0.15) is 0 Å². The molecule has 0 radical (unpaired) electrons. The van der Waals surface area contributed by atoms with Gasteiger partial charge in [0.15, 0.2) is 0 Å². The fraction of sp³-hybridized carbons (Fsp3) is 0.467. The zero-order valence-electron chi connectivity index (χ0n) is 11.1. The second-order valence-corrected chi connectivity index (χ2v) is 5.41. The molecule has 1 heterocycles. The summed E-state index contributed by atoms with van der Waals surface area (Å²) in [5.41, 5.74) is 2.01. The lowest BCUT2D eigenvalue weighted by Crippen LogP contribution is -2.52. The van der Waals surface area contributed by atoms with E-state index in [1.165, 1.54) is 0 Å². The first-order valence-electron chi connectivity index (χ1n) is 6.81. The first-order valence-corrected chi connectivity index (χ1v) is 6.81. The van der Waals surface area contributed by atoms with Crippen molar-refractivity contribution in [2.24, 2.45) is 5.92 Å². The van der Waals surface area contributed by atoms with Gasteiger partial charge in [0, 0.05) is 19.0 Å². The SMILES string of the molecule is Cc1cccc(C2C(=O)NCCN2C(=O)C2CC2)c1. The molecule has 1 saturated heterocycles. The van der Waals surface area contributed by atoms with Crippen LogP contribution in [0.25, 0.3) is 0 Å². The van der Waals surface area contributed by atoms with Gasteiger partial charge in [-0.05, 0) is 25.3 Å². The van der Waals surface area contributed by atoms with E-state index in [4.69, 9.17) is 0 Å². The lowest BCUT2D eigenvalue weighted by atomic mass is 10.00. The predicted octanol–water partition coefficient (Wildman–Crippen LogP) is 1.40. The molecular formula is C15H18N2O2. The van der Waals surface area contributed by atoms with Gasteiger partial charge in [0.2, 0.25) is 11.8 Å². The number of rotatable bonds is 2. The molecule has 2 amide bonds. The molecule has 1 aliphatic carbocycles. The summed E-state index contributed by atoms with van der Waals surface area (Å²) < 4.78 is 0. The highest BCUT2D eigenvalue weighted by atomic mass is 16.2. The minimum Gasteiger partial charge on any atom is -0.352 e. The van der Waals surface area contributed by atoms with Crippen LogP contribution in [0.1, 0.15) is 30.0 Å². The van der Waals surface area contributed by atoms with Gasteiger partial charge in [0.25, 0.3) is 0 Å². The molecule has 100 valence electrons. The summed E-state index contributed by atoms with van der Waals surface area (Å²) in [5, 5.41) is 2.86. The second kappa shape index (κ2) is 4.68. The number of carbonyl (C=O) groups excluding carboxylic acids is 2. The van der Waals surface area contributed by atoms with E-state index < -0.39 is 6.04 Å². The molecule has 0 bridgehead atoms. The summed E-state index contributed by atoms with van der Waals surface area (Å²) in [5.74, 6) is 0.227. The van der Waals surface area contributed by atoms with Gasteiger partial charge in [-0.15, -0.1) is 0 Å². The van der Waals surface area contributed by atoms with Crippen LogP contribution in [-0.2, 0) is 9.59 Å². The molecular weight excluding hydrogens is 240 g/mol. The van der Waals surface area contributed by atoms with Crippen LogP contribution >= 0.6 is 0 Å². The Bertz CT molecular complexity index is 523. The average Bonchev–Trinajstić information content (AvgIpc) is 3.22. The average molecular weight is 258 g/mol. The number of benzene rings is 1. The van der Waals surface area contributed by atoms with Crippen molar-refractivity contribution >= 4 is 11.8 Å². The van der Waals surface area contributed by atoms with Crippen molar-refractivity contribution in [3.8, 4) is 0 Å². The molecule has 4 nitrogen and oxygen atoms in total. The molecule has 1 aromatic rings. The van der Waals surface area contributed by atoms with Crippen LogP contribution in [0.3, 0.4) is 0 Å². The highest BCUT2D eigenvalue weighted by Crippen LogP contribution is 2.35. The van der Waals surface area contributed by atoms with Crippen molar-refractivity contribution in [2.75, 3.05) is 13.1 Å². The Morgan fingerprint density at radius 2 is 2.16 bits per heavy atom. The lowest BCUT2D eigenvalue weighted by molar-refractivity contribution is -0.144. The molecule has 1 saturated carbocycles. The molecule has 1 aliphatic heterocycles. The molecule has 1 N–H and O–H groups in total.